The highest BCUT2D eigenvalue weighted by Gasteiger charge is 2.26. The summed E-state index contributed by atoms with van der Waals surface area (Å²) < 4.78 is 19.0. The van der Waals surface area contributed by atoms with Crippen molar-refractivity contribution < 1.29 is 18.7 Å². The van der Waals surface area contributed by atoms with E-state index in [2.05, 4.69) is 5.32 Å². The molecule has 0 bridgehead atoms. The van der Waals surface area contributed by atoms with Gasteiger partial charge in [-0.1, -0.05) is 41.9 Å². The van der Waals surface area contributed by atoms with Crippen molar-refractivity contribution in [3.05, 3.63) is 64.9 Å². The second kappa shape index (κ2) is 9.92. The van der Waals surface area contributed by atoms with Gasteiger partial charge in [-0.15, -0.1) is 0 Å². The lowest BCUT2D eigenvalue weighted by Crippen LogP contribution is -2.49. The molecular formula is C20H22ClFN2O3. The van der Waals surface area contributed by atoms with E-state index >= 15 is 0 Å². The monoisotopic (exact) mass is 392 g/mol. The summed E-state index contributed by atoms with van der Waals surface area (Å²) in [4.78, 5) is 26.4. The van der Waals surface area contributed by atoms with Gasteiger partial charge in [-0.3, -0.25) is 9.59 Å². The van der Waals surface area contributed by atoms with Crippen LogP contribution in [0.25, 0.3) is 0 Å². The van der Waals surface area contributed by atoms with Crippen LogP contribution in [0.15, 0.2) is 48.5 Å². The van der Waals surface area contributed by atoms with Gasteiger partial charge < -0.3 is 15.0 Å². The highest BCUT2D eigenvalue weighted by molar-refractivity contribution is 6.31. The van der Waals surface area contributed by atoms with Crippen molar-refractivity contribution in [3.8, 4) is 5.75 Å². The molecule has 0 aromatic heterocycles. The molecule has 0 fully saturated rings. The smallest absolute Gasteiger partial charge is 0.261 e. The predicted octanol–water partition coefficient (Wildman–Crippen LogP) is 3.41. The van der Waals surface area contributed by atoms with Crippen molar-refractivity contribution in [1.82, 2.24) is 10.2 Å². The molecule has 5 nitrogen and oxygen atoms in total. The van der Waals surface area contributed by atoms with Gasteiger partial charge in [-0.25, -0.2) is 4.39 Å². The lowest BCUT2D eigenvalue weighted by molar-refractivity contribution is -0.142. The third kappa shape index (κ3) is 5.69. The summed E-state index contributed by atoms with van der Waals surface area (Å²) in [7, 11) is 0. The number of halogens is 2. The molecule has 0 heterocycles. The van der Waals surface area contributed by atoms with E-state index in [-0.39, 0.29) is 18.2 Å². The quantitative estimate of drug-likeness (QED) is 0.749. The van der Waals surface area contributed by atoms with E-state index in [1.54, 1.807) is 44.2 Å². The molecule has 27 heavy (non-hydrogen) atoms. The second-order valence-electron chi connectivity index (χ2n) is 5.90. The number of carbonyl (C=O) groups excluding carboxylic acids is 2. The van der Waals surface area contributed by atoms with Crippen LogP contribution in [0.2, 0.25) is 5.02 Å². The number of nitrogens with zero attached hydrogens (tertiary/aromatic N) is 1. The van der Waals surface area contributed by atoms with Crippen LogP contribution in [0.1, 0.15) is 19.4 Å². The van der Waals surface area contributed by atoms with Gasteiger partial charge >= 0.3 is 0 Å². The molecule has 0 unspecified atom stereocenters. The predicted molar refractivity (Wildman–Crippen MR) is 102 cm³/mol. The first kappa shape index (κ1) is 20.7. The minimum Gasteiger partial charge on any atom is -0.481 e. The van der Waals surface area contributed by atoms with Crippen molar-refractivity contribution in [3.63, 3.8) is 0 Å². The third-order valence-electron chi connectivity index (χ3n) is 4.00. The van der Waals surface area contributed by atoms with E-state index in [1.807, 2.05) is 0 Å². The summed E-state index contributed by atoms with van der Waals surface area (Å²) >= 11 is 6.19. The Kier molecular flexibility index (Phi) is 7.61. The Morgan fingerprint density at radius 2 is 1.85 bits per heavy atom. The highest BCUT2D eigenvalue weighted by atomic mass is 35.5. The van der Waals surface area contributed by atoms with Crippen molar-refractivity contribution in [2.75, 3.05) is 13.2 Å². The highest BCUT2D eigenvalue weighted by Crippen LogP contribution is 2.20. The number of carbonyl (C=O) groups is 2. The zero-order valence-corrected chi connectivity index (χ0v) is 16.0. The van der Waals surface area contributed by atoms with Crippen LogP contribution in [0.3, 0.4) is 0 Å². The maximum atomic E-state index is 13.7. The summed E-state index contributed by atoms with van der Waals surface area (Å²) in [6.07, 6.45) is 0. The molecule has 1 atom stereocenters. The van der Waals surface area contributed by atoms with Crippen molar-refractivity contribution in [1.29, 1.82) is 0 Å². The lowest BCUT2D eigenvalue weighted by Gasteiger charge is -2.29. The molecule has 2 aromatic rings. The van der Waals surface area contributed by atoms with Crippen molar-refractivity contribution >= 4 is 23.4 Å². The van der Waals surface area contributed by atoms with E-state index in [0.29, 0.717) is 17.1 Å². The van der Waals surface area contributed by atoms with Gasteiger partial charge in [0.2, 0.25) is 5.91 Å². The van der Waals surface area contributed by atoms with Crippen LogP contribution in [0.4, 0.5) is 4.39 Å². The molecular weight excluding hydrogens is 371 g/mol. The standard InChI is InChI=1S/C20H22ClFN2O3/c1-3-23-20(26)14(2)24(12-15-8-4-5-9-16(15)21)19(25)13-27-18-11-7-6-10-17(18)22/h4-11,14H,3,12-13H2,1-2H3,(H,23,26)/t14-/m0/s1. The van der Waals surface area contributed by atoms with Gasteiger partial charge in [0.15, 0.2) is 18.2 Å². The van der Waals surface area contributed by atoms with Crippen LogP contribution >= 0.6 is 11.6 Å². The van der Waals surface area contributed by atoms with E-state index in [4.69, 9.17) is 16.3 Å². The van der Waals surface area contributed by atoms with Gasteiger partial charge in [-0.05, 0) is 37.6 Å². The fraction of sp³-hybridized carbons (Fsp3) is 0.300. The molecule has 2 amide bonds. The first-order valence-electron chi connectivity index (χ1n) is 8.62. The van der Waals surface area contributed by atoms with E-state index in [9.17, 15) is 14.0 Å². The minimum absolute atomic E-state index is 0.0193. The molecule has 0 aliphatic rings. The Labute approximate surface area is 163 Å². The topological polar surface area (TPSA) is 58.6 Å². The van der Waals surface area contributed by atoms with Gasteiger partial charge in [0.25, 0.3) is 5.91 Å². The minimum atomic E-state index is -0.738. The van der Waals surface area contributed by atoms with Crippen molar-refractivity contribution in [2.24, 2.45) is 0 Å². The molecule has 144 valence electrons. The van der Waals surface area contributed by atoms with Crippen LogP contribution in [0.5, 0.6) is 5.75 Å². The average molecular weight is 393 g/mol. The number of para-hydroxylation sites is 1. The number of amides is 2. The molecule has 0 aliphatic carbocycles. The van der Waals surface area contributed by atoms with Crippen LogP contribution in [-0.4, -0.2) is 35.9 Å². The average Bonchev–Trinajstić information content (AvgIpc) is 2.66. The van der Waals surface area contributed by atoms with Crippen LogP contribution in [-0.2, 0) is 16.1 Å². The second-order valence-corrected chi connectivity index (χ2v) is 6.31. The molecule has 0 aliphatic heterocycles. The summed E-state index contributed by atoms with van der Waals surface area (Å²) in [5.41, 5.74) is 0.703. The molecule has 0 saturated heterocycles. The molecule has 0 spiro atoms. The normalized spacial score (nSPS) is 11.6. The molecule has 0 radical (unpaired) electrons. The number of ether oxygens (including phenoxy) is 1. The summed E-state index contributed by atoms with van der Waals surface area (Å²) in [5, 5.41) is 3.19. The van der Waals surface area contributed by atoms with Crippen molar-refractivity contribution in [2.45, 2.75) is 26.4 Å². The Morgan fingerprint density at radius 1 is 1.19 bits per heavy atom. The Morgan fingerprint density at radius 3 is 2.52 bits per heavy atom. The fourth-order valence-electron chi connectivity index (χ4n) is 2.50. The maximum absolute atomic E-state index is 13.7. The van der Waals surface area contributed by atoms with E-state index in [0.717, 1.165) is 0 Å². The first-order chi connectivity index (χ1) is 12.9. The first-order valence-corrected chi connectivity index (χ1v) is 8.99. The number of nitrogens with one attached hydrogen (secondary N) is 1. The fourth-order valence-corrected chi connectivity index (χ4v) is 2.69. The van der Waals surface area contributed by atoms with E-state index < -0.39 is 24.4 Å². The van der Waals surface area contributed by atoms with Crippen LogP contribution in [0, 0.1) is 5.82 Å². The zero-order chi connectivity index (χ0) is 19.8. The molecule has 1 N–H and O–H groups in total. The maximum Gasteiger partial charge on any atom is 0.261 e. The van der Waals surface area contributed by atoms with Gasteiger partial charge in [0.1, 0.15) is 6.04 Å². The number of likely N-dealkylation sites (N-methyl/N-ethyl adjacent to an activating group) is 1. The summed E-state index contributed by atoms with van der Waals surface area (Å²) in [5.74, 6) is -1.31. The van der Waals surface area contributed by atoms with E-state index in [1.165, 1.54) is 23.1 Å². The number of benzene rings is 2. The van der Waals surface area contributed by atoms with Gasteiger partial charge in [0, 0.05) is 18.1 Å². The van der Waals surface area contributed by atoms with Gasteiger partial charge in [0.05, 0.1) is 0 Å². The molecule has 0 saturated carbocycles. The lowest BCUT2D eigenvalue weighted by atomic mass is 10.1. The number of hydrogen-bond donors (Lipinski definition) is 1. The molecule has 7 heteroatoms. The van der Waals surface area contributed by atoms with Crippen LogP contribution < -0.4 is 10.1 Å². The largest absolute Gasteiger partial charge is 0.481 e. The molecule has 2 rings (SSSR count). The summed E-state index contributed by atoms with van der Waals surface area (Å²) in [6.45, 7) is 3.62. The SMILES string of the molecule is CCNC(=O)[C@H](C)N(Cc1ccccc1Cl)C(=O)COc1ccccc1F. The van der Waals surface area contributed by atoms with Gasteiger partial charge in [-0.2, -0.15) is 0 Å². The Bertz CT molecular complexity index is 800. The zero-order valence-electron chi connectivity index (χ0n) is 15.2. The summed E-state index contributed by atoms with van der Waals surface area (Å²) in [6, 6.07) is 12.2. The number of rotatable bonds is 8. The molecule has 2 aromatic carbocycles. The Balaban J connectivity index is 2.17. The Hall–Kier alpha value is -2.60. The number of hydrogen-bond acceptors (Lipinski definition) is 3. The third-order valence-corrected chi connectivity index (χ3v) is 4.37.